The molecule has 0 saturated carbocycles. The summed E-state index contributed by atoms with van der Waals surface area (Å²) < 4.78 is 0. The summed E-state index contributed by atoms with van der Waals surface area (Å²) in [6.07, 6.45) is 3.49. The molecule has 0 radical (unpaired) electrons. The van der Waals surface area contributed by atoms with Crippen LogP contribution in [0.5, 0.6) is 0 Å². The number of fused-ring (bicyclic) bond motifs is 2. The van der Waals surface area contributed by atoms with Gasteiger partial charge in [0.2, 0.25) is 5.95 Å². The van der Waals surface area contributed by atoms with Crippen LogP contribution in [0.1, 0.15) is 27.2 Å². The summed E-state index contributed by atoms with van der Waals surface area (Å²) >= 11 is 0. The third-order valence-electron chi connectivity index (χ3n) is 3.92. The van der Waals surface area contributed by atoms with Gasteiger partial charge in [-0.2, -0.15) is 0 Å². The number of anilines is 1. The van der Waals surface area contributed by atoms with Crippen molar-refractivity contribution in [3.05, 3.63) is 59.0 Å². The van der Waals surface area contributed by atoms with Crippen molar-refractivity contribution < 1.29 is 4.79 Å². The van der Waals surface area contributed by atoms with Crippen LogP contribution in [0.4, 0.5) is 5.95 Å². The van der Waals surface area contributed by atoms with Crippen molar-refractivity contribution in [3.63, 3.8) is 0 Å². The molecule has 6 heteroatoms. The number of hydrogen-bond acceptors (Lipinski definition) is 5. The molecular weight excluding hydrogens is 290 g/mol. The maximum absolute atomic E-state index is 11.6. The van der Waals surface area contributed by atoms with Crippen LogP contribution in [-0.2, 0) is 13.1 Å². The fourth-order valence-corrected chi connectivity index (χ4v) is 2.81. The second-order valence-electron chi connectivity index (χ2n) is 5.59. The molecule has 2 aromatic heterocycles. The number of carbonyl (C=O) groups is 1. The number of nitrogens with one attached hydrogen (secondary N) is 2. The first-order valence-corrected chi connectivity index (χ1v) is 7.43. The zero-order valence-electron chi connectivity index (χ0n) is 12.6. The van der Waals surface area contributed by atoms with Crippen LogP contribution in [0.15, 0.2) is 36.7 Å². The molecule has 3 heterocycles. The van der Waals surface area contributed by atoms with Crippen LogP contribution in [0.3, 0.4) is 0 Å². The molecule has 0 fully saturated rings. The van der Waals surface area contributed by atoms with Gasteiger partial charge in [-0.15, -0.1) is 0 Å². The van der Waals surface area contributed by atoms with Crippen LogP contribution < -0.4 is 10.6 Å². The van der Waals surface area contributed by atoms with E-state index in [-0.39, 0.29) is 5.91 Å². The molecule has 0 aliphatic carbocycles. The van der Waals surface area contributed by atoms with E-state index in [1.54, 1.807) is 12.4 Å². The van der Waals surface area contributed by atoms with Crippen molar-refractivity contribution in [1.82, 2.24) is 20.3 Å². The molecule has 1 amide bonds. The monoisotopic (exact) mass is 305 g/mol. The average Bonchev–Trinajstić information content (AvgIpc) is 2.94. The molecule has 3 aromatic rings. The minimum Gasteiger partial charge on any atom is -0.350 e. The first-order chi connectivity index (χ1) is 11.2. The van der Waals surface area contributed by atoms with Crippen molar-refractivity contribution in [2.75, 3.05) is 5.32 Å². The highest BCUT2D eigenvalue weighted by atomic mass is 16.2. The Hall–Kier alpha value is -3.02. The third-order valence-corrected chi connectivity index (χ3v) is 3.92. The van der Waals surface area contributed by atoms with Crippen molar-refractivity contribution in [1.29, 1.82) is 0 Å². The first kappa shape index (κ1) is 13.6. The molecule has 1 aliphatic rings. The van der Waals surface area contributed by atoms with Crippen LogP contribution in [0.2, 0.25) is 0 Å². The summed E-state index contributed by atoms with van der Waals surface area (Å²) in [6.45, 7) is 3.15. The Bertz CT molecular complexity index is 922. The van der Waals surface area contributed by atoms with E-state index in [1.807, 2.05) is 6.07 Å². The van der Waals surface area contributed by atoms with E-state index in [1.165, 1.54) is 0 Å². The fourth-order valence-electron chi connectivity index (χ4n) is 2.81. The molecule has 0 saturated heterocycles. The summed E-state index contributed by atoms with van der Waals surface area (Å²) in [6, 6.07) is 8.18. The number of rotatable bonds is 3. The minimum absolute atomic E-state index is 0.141. The number of nitrogens with zero attached hydrogens (tertiary/aromatic N) is 3. The molecule has 4 rings (SSSR count). The molecule has 2 N–H and O–H groups in total. The summed E-state index contributed by atoms with van der Waals surface area (Å²) in [4.78, 5) is 24.6. The molecule has 1 aliphatic heterocycles. The van der Waals surface area contributed by atoms with Crippen LogP contribution in [0.25, 0.3) is 10.9 Å². The van der Waals surface area contributed by atoms with Gasteiger partial charge in [-0.05, 0) is 30.2 Å². The van der Waals surface area contributed by atoms with Gasteiger partial charge in [-0.3, -0.25) is 9.78 Å². The third kappa shape index (κ3) is 2.48. The fraction of sp³-hybridized carbons (Fsp3) is 0.176. The predicted molar refractivity (Wildman–Crippen MR) is 87.0 cm³/mol. The maximum atomic E-state index is 11.6. The molecule has 0 atom stereocenters. The number of amides is 1. The Kier molecular flexibility index (Phi) is 3.15. The van der Waals surface area contributed by atoms with E-state index in [4.69, 9.17) is 0 Å². The van der Waals surface area contributed by atoms with E-state index in [0.29, 0.717) is 24.7 Å². The van der Waals surface area contributed by atoms with Gasteiger partial charge in [0.25, 0.3) is 5.91 Å². The highest BCUT2D eigenvalue weighted by Gasteiger charge is 2.21. The number of aromatic nitrogens is 3. The zero-order valence-corrected chi connectivity index (χ0v) is 12.6. The lowest BCUT2D eigenvalue weighted by molar-refractivity contribution is 0.0961. The van der Waals surface area contributed by atoms with E-state index in [9.17, 15) is 4.79 Å². The van der Waals surface area contributed by atoms with Crippen LogP contribution in [0, 0.1) is 6.92 Å². The normalized spacial score (nSPS) is 13.0. The highest BCUT2D eigenvalue weighted by Crippen LogP contribution is 2.19. The second kappa shape index (κ2) is 5.31. The van der Waals surface area contributed by atoms with E-state index < -0.39 is 0 Å². The molecule has 114 valence electrons. The molecule has 6 nitrogen and oxygen atoms in total. The Balaban J connectivity index is 1.58. The van der Waals surface area contributed by atoms with Gasteiger partial charge in [0.05, 0.1) is 5.52 Å². The van der Waals surface area contributed by atoms with Gasteiger partial charge < -0.3 is 10.6 Å². The Labute approximate surface area is 133 Å². The number of pyridine rings is 1. The summed E-state index contributed by atoms with van der Waals surface area (Å²) in [5.74, 6) is 0.322. The Morgan fingerprint density at radius 2 is 2.22 bits per heavy atom. The Morgan fingerprint density at radius 3 is 3.13 bits per heavy atom. The van der Waals surface area contributed by atoms with Gasteiger partial charge in [-0.25, -0.2) is 9.97 Å². The van der Waals surface area contributed by atoms with E-state index >= 15 is 0 Å². The molecule has 0 unspecified atom stereocenters. The highest BCUT2D eigenvalue weighted by molar-refractivity contribution is 5.96. The second-order valence-corrected chi connectivity index (χ2v) is 5.59. The number of aryl methyl sites for hydroxylation is 1. The lowest BCUT2D eigenvalue weighted by atomic mass is 10.1. The molecule has 0 spiro atoms. The summed E-state index contributed by atoms with van der Waals surface area (Å²) in [5, 5.41) is 7.03. The first-order valence-electron chi connectivity index (χ1n) is 7.43. The SMILES string of the molecule is Cc1cc(CNc2ncc3c(n2)C(=O)NC3)cc2cccnc12. The molecular formula is C17H15N5O. The smallest absolute Gasteiger partial charge is 0.270 e. The van der Waals surface area contributed by atoms with Gasteiger partial charge in [0.1, 0.15) is 5.69 Å². The molecule has 0 bridgehead atoms. The standard InChI is InChI=1S/C17H15N5O/c1-10-5-11(6-12-3-2-4-18-14(10)12)7-20-17-21-9-13-8-19-16(23)15(13)22-17/h2-6,9H,7-8H2,1H3,(H,19,23)(H,20,21,22). The van der Waals surface area contributed by atoms with Crippen molar-refractivity contribution in [2.24, 2.45) is 0 Å². The van der Waals surface area contributed by atoms with E-state index in [2.05, 4.69) is 50.7 Å². The van der Waals surface area contributed by atoms with Gasteiger partial charge in [-0.1, -0.05) is 12.1 Å². The van der Waals surface area contributed by atoms with Gasteiger partial charge in [0, 0.05) is 36.4 Å². The number of hydrogen-bond donors (Lipinski definition) is 2. The number of carbonyl (C=O) groups excluding carboxylic acids is 1. The van der Waals surface area contributed by atoms with E-state index in [0.717, 1.165) is 27.6 Å². The largest absolute Gasteiger partial charge is 0.350 e. The van der Waals surface area contributed by atoms with Crippen LogP contribution >= 0.6 is 0 Å². The average molecular weight is 305 g/mol. The molecule has 23 heavy (non-hydrogen) atoms. The topological polar surface area (TPSA) is 79.8 Å². The van der Waals surface area contributed by atoms with Crippen molar-refractivity contribution >= 4 is 22.8 Å². The number of benzene rings is 1. The predicted octanol–water partition coefficient (Wildman–Crippen LogP) is 2.19. The van der Waals surface area contributed by atoms with Gasteiger partial charge >= 0.3 is 0 Å². The quantitative estimate of drug-likeness (QED) is 0.775. The van der Waals surface area contributed by atoms with Crippen LogP contribution in [-0.4, -0.2) is 20.9 Å². The maximum Gasteiger partial charge on any atom is 0.270 e. The summed E-state index contributed by atoms with van der Waals surface area (Å²) in [5.41, 5.74) is 4.57. The zero-order chi connectivity index (χ0) is 15.8. The van der Waals surface area contributed by atoms with Gasteiger partial charge in [0.15, 0.2) is 0 Å². The molecule has 1 aromatic carbocycles. The lowest BCUT2D eigenvalue weighted by Crippen LogP contribution is -2.14. The Morgan fingerprint density at radius 1 is 1.30 bits per heavy atom. The minimum atomic E-state index is -0.141. The van der Waals surface area contributed by atoms with Crippen molar-refractivity contribution in [2.45, 2.75) is 20.0 Å². The van der Waals surface area contributed by atoms with Crippen molar-refractivity contribution in [3.8, 4) is 0 Å². The lowest BCUT2D eigenvalue weighted by Gasteiger charge is -2.08. The summed E-state index contributed by atoms with van der Waals surface area (Å²) in [7, 11) is 0.